The van der Waals surface area contributed by atoms with Gasteiger partial charge in [-0.05, 0) is 51.1 Å². The molecule has 0 saturated carbocycles. The van der Waals surface area contributed by atoms with E-state index in [1.807, 2.05) is 59.6 Å². The van der Waals surface area contributed by atoms with Crippen molar-refractivity contribution in [3.05, 3.63) is 66.5 Å². The Labute approximate surface area is 235 Å². The number of aromatic nitrogens is 4. The molecule has 1 N–H and O–H groups in total. The van der Waals surface area contributed by atoms with Gasteiger partial charge in [-0.2, -0.15) is 5.10 Å². The van der Waals surface area contributed by atoms with Crippen molar-refractivity contribution < 1.29 is 9.59 Å². The number of rotatable bonds is 11. The zero-order chi connectivity index (χ0) is 28.2. The summed E-state index contributed by atoms with van der Waals surface area (Å²) in [6, 6.07) is 15.6. The lowest BCUT2D eigenvalue weighted by molar-refractivity contribution is -0.123. The van der Waals surface area contributed by atoms with E-state index in [-0.39, 0.29) is 17.7 Å². The zero-order valence-electron chi connectivity index (χ0n) is 23.7. The molecule has 1 amide bonds. The summed E-state index contributed by atoms with van der Waals surface area (Å²) in [5.74, 6) is 0.635. The van der Waals surface area contributed by atoms with Crippen molar-refractivity contribution in [2.24, 2.45) is 0 Å². The Morgan fingerprint density at radius 3 is 2.52 bits per heavy atom. The first kappa shape index (κ1) is 27.5. The second-order valence-corrected chi connectivity index (χ2v) is 10.2. The largest absolute Gasteiger partial charge is 0.357 e. The Morgan fingerprint density at radius 2 is 1.85 bits per heavy atom. The molecule has 0 aliphatic carbocycles. The Hall–Kier alpha value is -4.11. The minimum absolute atomic E-state index is 0.0514. The van der Waals surface area contributed by atoms with Crippen molar-refractivity contribution >= 4 is 23.2 Å². The van der Waals surface area contributed by atoms with Gasteiger partial charge in [-0.3, -0.25) is 9.59 Å². The highest BCUT2D eigenvalue weighted by Crippen LogP contribution is 2.32. The predicted molar refractivity (Wildman–Crippen MR) is 157 cm³/mol. The quantitative estimate of drug-likeness (QED) is 0.281. The fourth-order valence-electron chi connectivity index (χ4n) is 5.40. The van der Waals surface area contributed by atoms with Crippen LogP contribution in [-0.4, -0.2) is 74.9 Å². The maximum Gasteiger partial charge on any atom is 0.242 e. The third kappa shape index (κ3) is 5.47. The maximum atomic E-state index is 13.5. The van der Waals surface area contributed by atoms with E-state index in [1.54, 1.807) is 17.8 Å². The van der Waals surface area contributed by atoms with Crippen molar-refractivity contribution in [2.75, 3.05) is 31.6 Å². The fourth-order valence-corrected chi connectivity index (χ4v) is 5.40. The molecule has 3 aromatic heterocycles. The van der Waals surface area contributed by atoms with Crippen molar-refractivity contribution in [3.63, 3.8) is 0 Å². The molecular formula is C31H37N7O2. The van der Waals surface area contributed by atoms with Gasteiger partial charge in [-0.1, -0.05) is 44.2 Å². The number of likely N-dealkylation sites (N-methyl/N-ethyl adjacent to an activating group) is 1. The highest BCUT2D eigenvalue weighted by molar-refractivity contribution is 5.98. The first-order chi connectivity index (χ1) is 19.4. The molecule has 0 radical (unpaired) electrons. The molecule has 0 bridgehead atoms. The third-order valence-corrected chi connectivity index (χ3v) is 7.94. The maximum absolute atomic E-state index is 13.5. The number of carbonyl (C=O) groups is 2. The van der Waals surface area contributed by atoms with Gasteiger partial charge in [0.15, 0.2) is 11.4 Å². The summed E-state index contributed by atoms with van der Waals surface area (Å²) in [6.45, 7) is 9.08. The summed E-state index contributed by atoms with van der Waals surface area (Å²) in [4.78, 5) is 40.2. The number of ketones is 1. The molecule has 2 atom stereocenters. The van der Waals surface area contributed by atoms with Crippen LogP contribution in [0.1, 0.15) is 50.4 Å². The van der Waals surface area contributed by atoms with Crippen LogP contribution in [0.4, 0.5) is 5.82 Å². The molecule has 1 fully saturated rings. The summed E-state index contributed by atoms with van der Waals surface area (Å²) in [7, 11) is 1.64. The van der Waals surface area contributed by atoms with Gasteiger partial charge in [0.05, 0.1) is 23.1 Å². The minimum atomic E-state index is -0.301. The number of amides is 1. The number of Topliss-reactive ketones (excluding diaryl/α,β-unsaturated/α-hetero) is 1. The number of fused-ring (bicyclic) bond motifs is 1. The van der Waals surface area contributed by atoms with Crippen molar-refractivity contribution in [2.45, 2.75) is 52.1 Å². The third-order valence-electron chi connectivity index (χ3n) is 7.94. The molecule has 40 heavy (non-hydrogen) atoms. The van der Waals surface area contributed by atoms with Gasteiger partial charge in [0.25, 0.3) is 0 Å². The van der Waals surface area contributed by atoms with Crippen LogP contribution in [0, 0.1) is 0 Å². The normalized spacial score (nSPS) is 15.7. The number of benzene rings is 1. The number of pyridine rings is 1. The molecule has 0 unspecified atom stereocenters. The summed E-state index contributed by atoms with van der Waals surface area (Å²) in [6.07, 6.45) is 5.58. The number of nitrogens with zero attached hydrogens (tertiary/aromatic N) is 6. The molecule has 1 aromatic carbocycles. The van der Waals surface area contributed by atoms with E-state index in [0.717, 1.165) is 42.8 Å². The summed E-state index contributed by atoms with van der Waals surface area (Å²) >= 11 is 0. The molecule has 1 aliphatic rings. The molecule has 0 spiro atoms. The van der Waals surface area contributed by atoms with Gasteiger partial charge < -0.3 is 15.1 Å². The van der Waals surface area contributed by atoms with Crippen LogP contribution in [0.25, 0.3) is 28.2 Å². The second kappa shape index (κ2) is 12.0. The number of anilines is 1. The molecule has 5 rings (SSSR count). The van der Waals surface area contributed by atoms with Crippen LogP contribution in [0.3, 0.4) is 0 Å². The van der Waals surface area contributed by atoms with Crippen molar-refractivity contribution in [1.82, 2.24) is 29.8 Å². The summed E-state index contributed by atoms with van der Waals surface area (Å²) in [5.41, 5.74) is 4.44. The Balaban J connectivity index is 1.53. The molecule has 208 valence electrons. The second-order valence-electron chi connectivity index (χ2n) is 10.2. The van der Waals surface area contributed by atoms with E-state index >= 15 is 0 Å². The zero-order valence-corrected chi connectivity index (χ0v) is 23.7. The first-order valence-electron chi connectivity index (χ1n) is 14.1. The predicted octanol–water partition coefficient (Wildman–Crippen LogP) is 4.48. The topological polar surface area (TPSA) is 95.7 Å². The Bertz CT molecular complexity index is 1500. The van der Waals surface area contributed by atoms with Gasteiger partial charge in [-0.15, -0.1) is 0 Å². The first-order valence-corrected chi connectivity index (χ1v) is 14.1. The summed E-state index contributed by atoms with van der Waals surface area (Å²) in [5, 5.41) is 7.26. The molecule has 1 aliphatic heterocycles. The molecular weight excluding hydrogens is 502 g/mol. The van der Waals surface area contributed by atoms with Gasteiger partial charge in [-0.25, -0.2) is 14.5 Å². The number of hydrogen-bond donors (Lipinski definition) is 1. The monoisotopic (exact) mass is 539 g/mol. The van der Waals surface area contributed by atoms with Gasteiger partial charge >= 0.3 is 0 Å². The SMILES string of the molecule is CCN(CC)[C@@H](C)CCC(=O)c1cc(-c2cnn3ccc(-c4ccccc4)nc23)nc(N2CC[C@H]2C(=O)NC)c1. The van der Waals surface area contributed by atoms with E-state index in [0.29, 0.717) is 41.7 Å². The highest BCUT2D eigenvalue weighted by atomic mass is 16.2. The van der Waals surface area contributed by atoms with E-state index in [4.69, 9.17) is 9.97 Å². The molecule has 1 saturated heterocycles. The standard InChI is InChI=1S/C31H37N7O2/c1-5-36(6-2)21(3)12-13-28(39)23-18-26(34-29(19-23)37-16-15-27(37)31(40)32-4)24-20-33-38-17-14-25(35-30(24)38)22-10-8-7-9-11-22/h7-11,14,17-21,27H,5-6,12-13,15-16H2,1-4H3,(H,32,40)/t21-,27-/m0/s1. The van der Waals surface area contributed by atoms with Crippen molar-refractivity contribution in [3.8, 4) is 22.5 Å². The fraction of sp³-hybridized carbons (Fsp3) is 0.387. The average Bonchev–Trinajstić information content (AvgIpc) is 3.39. The average molecular weight is 540 g/mol. The van der Waals surface area contributed by atoms with Gasteiger partial charge in [0.1, 0.15) is 11.9 Å². The van der Waals surface area contributed by atoms with E-state index in [2.05, 4.69) is 36.1 Å². The van der Waals surface area contributed by atoms with E-state index < -0.39 is 0 Å². The number of hydrogen-bond acceptors (Lipinski definition) is 7. The molecule has 4 aromatic rings. The van der Waals surface area contributed by atoms with Crippen LogP contribution in [0.5, 0.6) is 0 Å². The molecule has 4 heterocycles. The van der Waals surface area contributed by atoms with Crippen molar-refractivity contribution in [1.29, 1.82) is 0 Å². The smallest absolute Gasteiger partial charge is 0.242 e. The Kier molecular flexibility index (Phi) is 8.21. The molecule has 9 nitrogen and oxygen atoms in total. The highest BCUT2D eigenvalue weighted by Gasteiger charge is 2.35. The van der Waals surface area contributed by atoms with E-state index in [1.165, 1.54) is 0 Å². The van der Waals surface area contributed by atoms with Crippen LogP contribution in [0.15, 0.2) is 60.9 Å². The lowest BCUT2D eigenvalue weighted by Gasteiger charge is -2.40. The van der Waals surface area contributed by atoms with Gasteiger partial charge in [0.2, 0.25) is 5.91 Å². The van der Waals surface area contributed by atoms with Crippen LogP contribution >= 0.6 is 0 Å². The van der Waals surface area contributed by atoms with Gasteiger partial charge in [0, 0.05) is 43.4 Å². The van der Waals surface area contributed by atoms with Crippen LogP contribution in [0.2, 0.25) is 0 Å². The minimum Gasteiger partial charge on any atom is -0.357 e. The Morgan fingerprint density at radius 1 is 1.07 bits per heavy atom. The lowest BCUT2D eigenvalue weighted by Crippen LogP contribution is -2.56. The van der Waals surface area contributed by atoms with E-state index in [9.17, 15) is 9.59 Å². The molecule has 9 heteroatoms. The lowest BCUT2D eigenvalue weighted by atomic mass is 9.99. The summed E-state index contributed by atoms with van der Waals surface area (Å²) < 4.78 is 1.72. The number of nitrogens with one attached hydrogen (secondary N) is 1. The van der Waals surface area contributed by atoms with Crippen LogP contribution < -0.4 is 10.2 Å². The number of carbonyl (C=O) groups excluding carboxylic acids is 2. The van der Waals surface area contributed by atoms with Crippen LogP contribution in [-0.2, 0) is 4.79 Å².